The van der Waals surface area contributed by atoms with Crippen LogP contribution in [0.4, 0.5) is 4.39 Å². The molecule has 33 heavy (non-hydrogen) atoms. The number of aryl methyl sites for hydroxylation is 1. The Kier molecular flexibility index (Phi) is 13.7. The summed E-state index contributed by atoms with van der Waals surface area (Å²) in [6, 6.07) is 8.54. The van der Waals surface area contributed by atoms with E-state index in [0.29, 0.717) is 23.9 Å². The van der Waals surface area contributed by atoms with E-state index in [9.17, 15) is 4.39 Å². The maximum atomic E-state index is 14.1. The van der Waals surface area contributed by atoms with Gasteiger partial charge in [0.25, 0.3) is 0 Å². The van der Waals surface area contributed by atoms with Crippen molar-refractivity contribution in [2.24, 2.45) is 5.92 Å². The second-order valence-corrected chi connectivity index (χ2v) is 9.56. The number of hydrogen-bond donors (Lipinski definition) is 0. The Morgan fingerprint density at radius 2 is 1.42 bits per heavy atom. The van der Waals surface area contributed by atoms with Crippen LogP contribution in [0.15, 0.2) is 36.7 Å². The minimum atomic E-state index is -0.954. The summed E-state index contributed by atoms with van der Waals surface area (Å²) in [7, 11) is 0. The molecule has 2 rings (SSSR count). The first-order chi connectivity index (χ1) is 16.1. The van der Waals surface area contributed by atoms with Crippen molar-refractivity contribution in [1.29, 1.82) is 0 Å². The number of nitrogens with zero attached hydrogens (tertiary/aromatic N) is 2. The van der Waals surface area contributed by atoms with E-state index >= 15 is 0 Å². The minimum Gasteiger partial charge on any atom is -0.487 e. The van der Waals surface area contributed by atoms with E-state index < -0.39 is 6.17 Å². The number of ether oxygens (including phenoxy) is 1. The lowest BCUT2D eigenvalue weighted by atomic mass is 10.00. The predicted molar refractivity (Wildman–Crippen MR) is 137 cm³/mol. The summed E-state index contributed by atoms with van der Waals surface area (Å²) < 4.78 is 19.6. The van der Waals surface area contributed by atoms with Crippen LogP contribution in [-0.2, 0) is 6.42 Å². The molecule has 2 unspecified atom stereocenters. The van der Waals surface area contributed by atoms with Crippen LogP contribution in [0.3, 0.4) is 0 Å². The molecular formula is C29H45FN2O. The summed E-state index contributed by atoms with van der Waals surface area (Å²) in [5, 5.41) is 0. The van der Waals surface area contributed by atoms with Gasteiger partial charge in [-0.15, -0.1) is 0 Å². The van der Waals surface area contributed by atoms with E-state index in [1.54, 1.807) is 12.4 Å². The van der Waals surface area contributed by atoms with Crippen LogP contribution in [-0.4, -0.2) is 22.7 Å². The fourth-order valence-electron chi connectivity index (χ4n) is 4.30. The van der Waals surface area contributed by atoms with Gasteiger partial charge in [-0.2, -0.15) is 0 Å². The van der Waals surface area contributed by atoms with E-state index in [1.165, 1.54) is 63.4 Å². The molecule has 0 aliphatic carbocycles. The van der Waals surface area contributed by atoms with Crippen LogP contribution in [0.25, 0.3) is 11.4 Å². The molecule has 1 heterocycles. The van der Waals surface area contributed by atoms with Crippen LogP contribution in [0.2, 0.25) is 0 Å². The molecular weight excluding hydrogens is 411 g/mol. The van der Waals surface area contributed by atoms with Gasteiger partial charge in [-0.05, 0) is 30.7 Å². The van der Waals surface area contributed by atoms with Gasteiger partial charge in [0.05, 0.1) is 12.4 Å². The maximum Gasteiger partial charge on any atom is 0.159 e. The molecule has 0 fully saturated rings. The zero-order chi connectivity index (χ0) is 23.7. The largest absolute Gasteiger partial charge is 0.487 e. The Bertz CT molecular complexity index is 732. The molecule has 4 heteroatoms. The molecule has 0 amide bonds. The Morgan fingerprint density at radius 3 is 2.03 bits per heavy atom. The third-order valence-electron chi connectivity index (χ3n) is 6.28. The average Bonchev–Trinajstić information content (AvgIpc) is 2.82. The third kappa shape index (κ3) is 11.6. The Morgan fingerprint density at radius 1 is 0.818 bits per heavy atom. The quantitative estimate of drug-likeness (QED) is 0.210. The molecule has 0 spiro atoms. The van der Waals surface area contributed by atoms with Crippen molar-refractivity contribution in [2.75, 3.05) is 6.61 Å². The van der Waals surface area contributed by atoms with Gasteiger partial charge in [0, 0.05) is 5.56 Å². The van der Waals surface area contributed by atoms with Crippen molar-refractivity contribution in [1.82, 2.24) is 9.97 Å². The van der Waals surface area contributed by atoms with Crippen LogP contribution in [0, 0.1) is 5.92 Å². The average molecular weight is 457 g/mol. The number of unbranched alkanes of at least 4 members (excludes halogenated alkanes) is 8. The SMILES string of the molecule is CCCCCCCCCCCc1ccc(-c2ncc(OCC(F)CC(C)CCC)cn2)cc1. The van der Waals surface area contributed by atoms with Gasteiger partial charge in [0.15, 0.2) is 11.6 Å². The highest BCUT2D eigenvalue weighted by Crippen LogP contribution is 2.20. The first-order valence-corrected chi connectivity index (χ1v) is 13.3. The third-order valence-corrected chi connectivity index (χ3v) is 6.28. The molecule has 2 atom stereocenters. The summed E-state index contributed by atoms with van der Waals surface area (Å²) in [5.74, 6) is 1.58. The monoisotopic (exact) mass is 456 g/mol. The maximum absolute atomic E-state index is 14.1. The van der Waals surface area contributed by atoms with Gasteiger partial charge in [0.2, 0.25) is 0 Å². The topological polar surface area (TPSA) is 35.0 Å². The molecule has 1 aromatic heterocycles. The molecule has 1 aromatic carbocycles. The van der Waals surface area contributed by atoms with Crippen LogP contribution >= 0.6 is 0 Å². The van der Waals surface area contributed by atoms with Crippen molar-refractivity contribution in [3.8, 4) is 17.1 Å². The Labute approximate surface area is 201 Å². The van der Waals surface area contributed by atoms with Gasteiger partial charge in [0.1, 0.15) is 12.8 Å². The fourth-order valence-corrected chi connectivity index (χ4v) is 4.30. The summed E-state index contributed by atoms with van der Waals surface area (Å²) >= 11 is 0. The molecule has 0 radical (unpaired) electrons. The minimum absolute atomic E-state index is 0.0598. The summed E-state index contributed by atoms with van der Waals surface area (Å²) in [6.07, 6.45) is 18.3. The van der Waals surface area contributed by atoms with Crippen molar-refractivity contribution in [2.45, 2.75) is 110 Å². The zero-order valence-corrected chi connectivity index (χ0v) is 21.2. The Balaban J connectivity index is 1.67. The Hall–Kier alpha value is -1.97. The van der Waals surface area contributed by atoms with Crippen LogP contribution in [0.5, 0.6) is 5.75 Å². The fraction of sp³-hybridized carbons (Fsp3) is 0.655. The second-order valence-electron chi connectivity index (χ2n) is 9.56. The molecule has 0 saturated carbocycles. The number of hydrogen-bond acceptors (Lipinski definition) is 3. The first kappa shape index (κ1) is 27.3. The predicted octanol–water partition coefficient (Wildman–Crippen LogP) is 8.76. The molecule has 0 aliphatic rings. The van der Waals surface area contributed by atoms with E-state index in [2.05, 4.69) is 55.0 Å². The summed E-state index contributed by atoms with van der Waals surface area (Å²) in [5.41, 5.74) is 2.36. The standard InChI is InChI=1S/C29H45FN2O/c1-4-6-7-8-9-10-11-12-13-15-25-16-18-26(19-17-25)29-31-21-28(22-32-29)33-23-27(30)20-24(3)14-5-2/h16-19,21-22,24,27H,4-15,20,23H2,1-3H3. The number of rotatable bonds is 18. The molecule has 0 bridgehead atoms. The molecule has 0 saturated heterocycles. The number of benzene rings is 1. The van der Waals surface area contributed by atoms with Gasteiger partial charge >= 0.3 is 0 Å². The second kappa shape index (κ2) is 16.6. The van der Waals surface area contributed by atoms with E-state index in [0.717, 1.165) is 24.8 Å². The number of halogens is 1. The summed E-state index contributed by atoms with van der Waals surface area (Å²) in [4.78, 5) is 8.82. The highest BCUT2D eigenvalue weighted by molar-refractivity contribution is 5.55. The van der Waals surface area contributed by atoms with Gasteiger partial charge in [-0.25, -0.2) is 14.4 Å². The molecule has 0 N–H and O–H groups in total. The van der Waals surface area contributed by atoms with Crippen molar-refractivity contribution >= 4 is 0 Å². The van der Waals surface area contributed by atoms with Crippen LogP contribution in [0.1, 0.15) is 103 Å². The highest BCUT2D eigenvalue weighted by atomic mass is 19.1. The lowest BCUT2D eigenvalue weighted by Gasteiger charge is -2.14. The number of alkyl halides is 1. The van der Waals surface area contributed by atoms with E-state index in [4.69, 9.17) is 4.74 Å². The molecule has 0 aliphatic heterocycles. The number of aromatic nitrogens is 2. The smallest absolute Gasteiger partial charge is 0.159 e. The van der Waals surface area contributed by atoms with Gasteiger partial charge in [-0.1, -0.05) is 109 Å². The lowest BCUT2D eigenvalue weighted by molar-refractivity contribution is 0.168. The van der Waals surface area contributed by atoms with Gasteiger partial charge in [-0.3, -0.25) is 0 Å². The van der Waals surface area contributed by atoms with E-state index in [-0.39, 0.29) is 6.61 Å². The molecule has 2 aromatic rings. The molecule has 3 nitrogen and oxygen atoms in total. The van der Waals surface area contributed by atoms with E-state index in [1.807, 2.05) is 0 Å². The normalized spacial score (nSPS) is 13.1. The zero-order valence-electron chi connectivity index (χ0n) is 21.2. The van der Waals surface area contributed by atoms with Gasteiger partial charge < -0.3 is 4.74 Å². The van der Waals surface area contributed by atoms with Crippen LogP contribution < -0.4 is 4.74 Å². The van der Waals surface area contributed by atoms with Crippen molar-refractivity contribution in [3.05, 3.63) is 42.2 Å². The van der Waals surface area contributed by atoms with Crippen molar-refractivity contribution < 1.29 is 9.13 Å². The molecule has 184 valence electrons. The first-order valence-electron chi connectivity index (χ1n) is 13.3. The highest BCUT2D eigenvalue weighted by Gasteiger charge is 2.13. The van der Waals surface area contributed by atoms with Crippen molar-refractivity contribution in [3.63, 3.8) is 0 Å². The summed E-state index contributed by atoms with van der Waals surface area (Å²) in [6.45, 7) is 6.55. The lowest BCUT2D eigenvalue weighted by Crippen LogP contribution is -2.16.